The first kappa shape index (κ1) is 18.4. The van der Waals surface area contributed by atoms with E-state index in [0.717, 1.165) is 39.1 Å². The zero-order chi connectivity index (χ0) is 18.0. The minimum atomic E-state index is 0.0287. The summed E-state index contributed by atoms with van der Waals surface area (Å²) < 4.78 is 5.80. The van der Waals surface area contributed by atoms with E-state index in [1.807, 2.05) is 19.0 Å². The first-order chi connectivity index (χ1) is 11.9. The molecule has 0 N–H and O–H groups in total. The molecule has 0 bridgehead atoms. The fourth-order valence-corrected chi connectivity index (χ4v) is 4.03. The molecule has 3 rings (SSSR count). The molecule has 0 aliphatic carbocycles. The molecule has 2 aliphatic heterocycles. The molecule has 5 nitrogen and oxygen atoms in total. The van der Waals surface area contributed by atoms with Gasteiger partial charge in [-0.05, 0) is 38.4 Å². The standard InChI is InChI=1S/C20H31N3O2/c1-15-11-23(12-16(2)25-15)14-18-7-5-17(6-8-18)13-22(4)19-9-10-21(3)20(19)24/h5-8,15-16,19H,9-14H2,1-4H3/t15-,16+,19-/m1/s1. The monoisotopic (exact) mass is 345 g/mol. The Hall–Kier alpha value is -1.43. The lowest BCUT2D eigenvalue weighted by atomic mass is 10.1. The molecule has 25 heavy (non-hydrogen) atoms. The molecule has 2 fully saturated rings. The maximum absolute atomic E-state index is 12.1. The van der Waals surface area contributed by atoms with E-state index in [0.29, 0.717) is 12.2 Å². The van der Waals surface area contributed by atoms with Crippen LogP contribution in [0.1, 0.15) is 31.4 Å². The normalized spacial score (nSPS) is 28.1. The van der Waals surface area contributed by atoms with E-state index >= 15 is 0 Å². The van der Waals surface area contributed by atoms with Crippen LogP contribution in [0, 0.1) is 0 Å². The Morgan fingerprint density at radius 3 is 2.28 bits per heavy atom. The highest BCUT2D eigenvalue weighted by molar-refractivity contribution is 5.83. The summed E-state index contributed by atoms with van der Waals surface area (Å²) in [6.07, 6.45) is 1.54. The number of amides is 1. The minimum Gasteiger partial charge on any atom is -0.373 e. The van der Waals surface area contributed by atoms with E-state index in [1.165, 1.54) is 11.1 Å². The first-order valence-corrected chi connectivity index (χ1v) is 9.33. The van der Waals surface area contributed by atoms with Crippen molar-refractivity contribution in [3.05, 3.63) is 35.4 Å². The average molecular weight is 345 g/mol. The number of carbonyl (C=O) groups is 1. The summed E-state index contributed by atoms with van der Waals surface area (Å²) in [7, 11) is 3.93. The molecule has 1 amide bonds. The van der Waals surface area contributed by atoms with Gasteiger partial charge in [-0.2, -0.15) is 0 Å². The van der Waals surface area contributed by atoms with Crippen LogP contribution in [0.25, 0.3) is 0 Å². The van der Waals surface area contributed by atoms with Gasteiger partial charge in [0.15, 0.2) is 0 Å². The van der Waals surface area contributed by atoms with E-state index in [4.69, 9.17) is 4.74 Å². The molecule has 138 valence electrons. The lowest BCUT2D eigenvalue weighted by Gasteiger charge is -2.35. The predicted molar refractivity (Wildman–Crippen MR) is 99.2 cm³/mol. The van der Waals surface area contributed by atoms with Crippen LogP contribution in [0.2, 0.25) is 0 Å². The smallest absolute Gasteiger partial charge is 0.239 e. The molecule has 2 aliphatic rings. The average Bonchev–Trinajstić information content (AvgIpc) is 2.88. The maximum Gasteiger partial charge on any atom is 0.239 e. The van der Waals surface area contributed by atoms with Gasteiger partial charge in [-0.25, -0.2) is 0 Å². The Balaban J connectivity index is 1.54. The highest BCUT2D eigenvalue weighted by atomic mass is 16.5. The van der Waals surface area contributed by atoms with Crippen molar-refractivity contribution >= 4 is 5.91 Å². The molecule has 1 aromatic carbocycles. The summed E-state index contributed by atoms with van der Waals surface area (Å²) in [6.45, 7) is 8.92. The summed E-state index contributed by atoms with van der Waals surface area (Å²) in [4.78, 5) is 18.6. The molecule has 2 saturated heterocycles. The molecule has 0 aromatic heterocycles. The van der Waals surface area contributed by atoms with Gasteiger partial charge < -0.3 is 9.64 Å². The third-order valence-electron chi connectivity index (χ3n) is 5.29. The molecule has 5 heteroatoms. The van der Waals surface area contributed by atoms with E-state index in [1.54, 1.807) is 0 Å². The third-order valence-corrected chi connectivity index (χ3v) is 5.29. The number of rotatable bonds is 5. The van der Waals surface area contributed by atoms with Gasteiger partial charge in [0.25, 0.3) is 0 Å². The Morgan fingerprint density at radius 2 is 1.72 bits per heavy atom. The molecule has 3 atom stereocenters. The van der Waals surface area contributed by atoms with Gasteiger partial charge in [0.2, 0.25) is 5.91 Å². The van der Waals surface area contributed by atoms with Crippen LogP contribution in [0.4, 0.5) is 0 Å². The van der Waals surface area contributed by atoms with Crippen molar-refractivity contribution in [2.24, 2.45) is 0 Å². The SMILES string of the molecule is C[C@@H]1CN(Cc2ccc(CN(C)[C@@H]3CCN(C)C3=O)cc2)C[C@H](C)O1. The number of morpholine rings is 1. The summed E-state index contributed by atoms with van der Waals surface area (Å²) in [5.41, 5.74) is 2.60. The summed E-state index contributed by atoms with van der Waals surface area (Å²) >= 11 is 0. The number of ether oxygens (including phenoxy) is 1. The second-order valence-electron chi connectivity index (χ2n) is 7.75. The van der Waals surface area contributed by atoms with Crippen LogP contribution in [0.3, 0.4) is 0 Å². The zero-order valence-corrected chi connectivity index (χ0v) is 15.9. The number of likely N-dealkylation sites (N-methyl/N-ethyl adjacent to an activating group) is 2. The van der Waals surface area contributed by atoms with Crippen molar-refractivity contribution in [3.63, 3.8) is 0 Å². The Bertz CT molecular complexity index is 579. The molecule has 0 unspecified atom stereocenters. The molecule has 0 saturated carbocycles. The lowest BCUT2D eigenvalue weighted by Crippen LogP contribution is -2.44. The van der Waals surface area contributed by atoms with Gasteiger partial charge in [-0.3, -0.25) is 14.6 Å². The van der Waals surface area contributed by atoms with E-state index in [9.17, 15) is 4.79 Å². The second-order valence-corrected chi connectivity index (χ2v) is 7.75. The molecular weight excluding hydrogens is 314 g/mol. The Kier molecular flexibility index (Phi) is 5.77. The van der Waals surface area contributed by atoms with E-state index < -0.39 is 0 Å². The van der Waals surface area contributed by atoms with E-state index in [2.05, 4.69) is 47.9 Å². The Labute approximate surface area is 151 Å². The zero-order valence-electron chi connectivity index (χ0n) is 15.9. The minimum absolute atomic E-state index is 0.0287. The number of nitrogens with zero attached hydrogens (tertiary/aromatic N) is 3. The third kappa shape index (κ3) is 4.60. The number of likely N-dealkylation sites (tertiary alicyclic amines) is 1. The van der Waals surface area contributed by atoms with Crippen LogP contribution in [-0.4, -0.2) is 72.6 Å². The number of hydrogen-bond acceptors (Lipinski definition) is 4. The number of carbonyl (C=O) groups excluding carboxylic acids is 1. The molecule has 0 spiro atoms. The van der Waals surface area contributed by atoms with Crippen LogP contribution < -0.4 is 0 Å². The number of benzene rings is 1. The lowest BCUT2D eigenvalue weighted by molar-refractivity contribution is -0.130. The largest absolute Gasteiger partial charge is 0.373 e. The van der Waals surface area contributed by atoms with Crippen molar-refractivity contribution in [3.8, 4) is 0 Å². The van der Waals surface area contributed by atoms with Gasteiger partial charge in [0, 0.05) is 39.8 Å². The van der Waals surface area contributed by atoms with Gasteiger partial charge in [-0.1, -0.05) is 24.3 Å². The van der Waals surface area contributed by atoms with Crippen molar-refractivity contribution < 1.29 is 9.53 Å². The highest BCUT2D eigenvalue weighted by Crippen LogP contribution is 2.18. The summed E-state index contributed by atoms with van der Waals surface area (Å²) in [6, 6.07) is 8.86. The van der Waals surface area contributed by atoms with Crippen LogP contribution >= 0.6 is 0 Å². The van der Waals surface area contributed by atoms with E-state index in [-0.39, 0.29) is 11.9 Å². The Morgan fingerprint density at radius 1 is 1.12 bits per heavy atom. The van der Waals surface area contributed by atoms with Crippen molar-refractivity contribution in [1.82, 2.24) is 14.7 Å². The first-order valence-electron chi connectivity index (χ1n) is 9.33. The van der Waals surface area contributed by atoms with Gasteiger partial charge in [0.05, 0.1) is 18.2 Å². The quantitative estimate of drug-likeness (QED) is 0.817. The van der Waals surface area contributed by atoms with Crippen LogP contribution in [0.15, 0.2) is 24.3 Å². The topological polar surface area (TPSA) is 36.0 Å². The molecule has 0 radical (unpaired) electrons. The van der Waals surface area contributed by atoms with Crippen molar-refractivity contribution in [1.29, 1.82) is 0 Å². The molecular formula is C20H31N3O2. The highest BCUT2D eigenvalue weighted by Gasteiger charge is 2.32. The van der Waals surface area contributed by atoms with Crippen molar-refractivity contribution in [2.75, 3.05) is 33.7 Å². The van der Waals surface area contributed by atoms with Crippen molar-refractivity contribution in [2.45, 2.75) is 51.6 Å². The molecule has 2 heterocycles. The number of hydrogen-bond donors (Lipinski definition) is 0. The summed E-state index contributed by atoms with van der Waals surface area (Å²) in [5, 5.41) is 0. The fraction of sp³-hybridized carbons (Fsp3) is 0.650. The fourth-order valence-electron chi connectivity index (χ4n) is 4.03. The second kappa shape index (κ2) is 7.85. The van der Waals surface area contributed by atoms with Crippen LogP contribution in [0.5, 0.6) is 0 Å². The van der Waals surface area contributed by atoms with Gasteiger partial charge in [-0.15, -0.1) is 0 Å². The predicted octanol–water partition coefficient (Wildman–Crippen LogP) is 1.96. The van der Waals surface area contributed by atoms with Crippen LogP contribution in [-0.2, 0) is 22.6 Å². The van der Waals surface area contributed by atoms with Gasteiger partial charge in [0.1, 0.15) is 0 Å². The summed E-state index contributed by atoms with van der Waals surface area (Å²) in [5.74, 6) is 0.245. The van der Waals surface area contributed by atoms with Gasteiger partial charge >= 0.3 is 0 Å². The maximum atomic E-state index is 12.1. The molecule has 1 aromatic rings.